The number of hydrogen-bond acceptors (Lipinski definition) is 8. The van der Waals surface area contributed by atoms with Crippen LogP contribution in [0.1, 0.15) is 296 Å². The number of phosphoric ester groups is 1. The molecule has 2 atom stereocenters. The number of carbonyl (C=O) groups is 2. The molecule has 0 heterocycles. The molecule has 0 aliphatic heterocycles. The first-order chi connectivity index (χ1) is 31.3. The van der Waals surface area contributed by atoms with Crippen LogP contribution in [0.15, 0.2) is 0 Å². The Hall–Kier alpha value is -0.990. The summed E-state index contributed by atoms with van der Waals surface area (Å²) in [6.45, 7) is 4.31. The first kappa shape index (κ1) is 63.0. The number of likely N-dealkylation sites (N-methyl/N-ethyl adjacent to an activating group) is 1. The predicted molar refractivity (Wildman–Crippen MR) is 271 cm³/mol. The minimum Gasteiger partial charge on any atom is -0.462 e. The zero-order valence-corrected chi connectivity index (χ0v) is 43.7. The van der Waals surface area contributed by atoms with Gasteiger partial charge in [-0.1, -0.05) is 271 Å². The van der Waals surface area contributed by atoms with E-state index in [2.05, 4.69) is 19.2 Å². The van der Waals surface area contributed by atoms with Gasteiger partial charge in [-0.2, -0.15) is 0 Å². The lowest BCUT2D eigenvalue weighted by Gasteiger charge is -2.20. The van der Waals surface area contributed by atoms with Crippen molar-refractivity contribution < 1.29 is 37.6 Å². The largest absolute Gasteiger partial charge is 0.472 e. The SMILES string of the molecule is CCCCCCCCCCCCCCCCCCCCCCCC(=O)OCC(COP(=O)(O)OCCNC)OC(=O)CCCCCCCCCCCCCCCCCCCCCCC. The second-order valence-electron chi connectivity index (χ2n) is 19.1. The van der Waals surface area contributed by atoms with Crippen LogP contribution in [0.2, 0.25) is 0 Å². The van der Waals surface area contributed by atoms with Gasteiger partial charge >= 0.3 is 19.8 Å². The van der Waals surface area contributed by atoms with E-state index in [1.54, 1.807) is 7.05 Å². The van der Waals surface area contributed by atoms with Crippen LogP contribution in [0.5, 0.6) is 0 Å². The Labute approximate surface area is 397 Å². The molecule has 10 heteroatoms. The Kier molecular flexibility index (Phi) is 50.6. The molecule has 0 bridgehead atoms. The van der Waals surface area contributed by atoms with Gasteiger partial charge in [-0.15, -0.1) is 0 Å². The molecule has 0 aromatic heterocycles. The maximum absolute atomic E-state index is 12.7. The molecule has 2 N–H and O–H groups in total. The molecule has 0 rings (SSSR count). The number of carbonyl (C=O) groups excluding carboxylic acids is 2. The quantitative estimate of drug-likeness (QED) is 0.0349. The average Bonchev–Trinajstić information content (AvgIpc) is 3.28. The van der Waals surface area contributed by atoms with Crippen molar-refractivity contribution in [2.45, 2.75) is 302 Å². The van der Waals surface area contributed by atoms with Crippen molar-refractivity contribution in [3.05, 3.63) is 0 Å². The normalized spacial score (nSPS) is 13.0. The fourth-order valence-electron chi connectivity index (χ4n) is 8.50. The summed E-state index contributed by atoms with van der Waals surface area (Å²) >= 11 is 0. The van der Waals surface area contributed by atoms with E-state index >= 15 is 0 Å². The highest BCUT2D eigenvalue weighted by molar-refractivity contribution is 7.47. The van der Waals surface area contributed by atoms with Gasteiger partial charge < -0.3 is 19.7 Å². The van der Waals surface area contributed by atoms with Crippen molar-refractivity contribution in [1.29, 1.82) is 0 Å². The number of ether oxygens (including phenoxy) is 2. The molecule has 0 saturated carbocycles. The highest BCUT2D eigenvalue weighted by Crippen LogP contribution is 2.43. The van der Waals surface area contributed by atoms with E-state index < -0.39 is 26.5 Å². The van der Waals surface area contributed by atoms with Gasteiger partial charge in [0.15, 0.2) is 6.10 Å². The monoisotopic (exact) mass is 930 g/mol. The molecular weight excluding hydrogens is 822 g/mol. The number of unbranched alkanes of at least 4 members (excludes halogenated alkanes) is 40. The molecule has 382 valence electrons. The molecule has 0 aliphatic carbocycles. The smallest absolute Gasteiger partial charge is 0.462 e. The maximum Gasteiger partial charge on any atom is 0.472 e. The summed E-state index contributed by atoms with van der Waals surface area (Å²) in [4.78, 5) is 35.3. The molecule has 9 nitrogen and oxygen atoms in total. The average molecular weight is 930 g/mol. The summed E-state index contributed by atoms with van der Waals surface area (Å²) in [6, 6.07) is 0. The van der Waals surface area contributed by atoms with E-state index in [1.165, 1.54) is 231 Å². The fourth-order valence-corrected chi connectivity index (χ4v) is 9.25. The van der Waals surface area contributed by atoms with Crippen molar-refractivity contribution in [1.82, 2.24) is 5.32 Å². The van der Waals surface area contributed by atoms with E-state index in [0.29, 0.717) is 13.0 Å². The molecule has 0 aromatic carbocycles. The number of phosphoric acid groups is 1. The van der Waals surface area contributed by atoms with Crippen molar-refractivity contribution in [3.63, 3.8) is 0 Å². The number of rotatable bonds is 54. The third-order valence-electron chi connectivity index (χ3n) is 12.7. The highest BCUT2D eigenvalue weighted by atomic mass is 31.2. The molecule has 0 spiro atoms. The van der Waals surface area contributed by atoms with Crippen molar-refractivity contribution in [2.75, 3.05) is 33.4 Å². The van der Waals surface area contributed by atoms with Crippen molar-refractivity contribution in [2.24, 2.45) is 0 Å². The molecule has 0 aromatic rings. The van der Waals surface area contributed by atoms with Crippen LogP contribution in [-0.2, 0) is 32.7 Å². The van der Waals surface area contributed by atoms with Crippen molar-refractivity contribution >= 4 is 19.8 Å². The van der Waals surface area contributed by atoms with Gasteiger partial charge in [-0.3, -0.25) is 18.6 Å². The fraction of sp³-hybridized carbons (Fsp3) is 0.963. The summed E-state index contributed by atoms with van der Waals surface area (Å²) in [5.74, 6) is -0.781. The lowest BCUT2D eigenvalue weighted by Crippen LogP contribution is -2.29. The molecule has 2 unspecified atom stereocenters. The highest BCUT2D eigenvalue weighted by Gasteiger charge is 2.26. The first-order valence-corrected chi connectivity index (χ1v) is 29.5. The topological polar surface area (TPSA) is 120 Å². The van der Waals surface area contributed by atoms with Gasteiger partial charge in [0.2, 0.25) is 0 Å². The summed E-state index contributed by atoms with van der Waals surface area (Å²) in [7, 11) is -2.64. The van der Waals surface area contributed by atoms with Crippen LogP contribution in [0.25, 0.3) is 0 Å². The number of nitrogens with one attached hydrogen (secondary N) is 1. The second kappa shape index (κ2) is 51.4. The standard InChI is InChI=1S/C54H108NO8P/c1-4-6-8-10-12-14-16-18-20-22-24-26-28-30-32-34-36-38-40-42-44-46-53(56)60-50-52(51-62-64(58,59)61-49-48-55-3)63-54(57)47-45-43-41-39-37-35-33-31-29-27-25-23-21-19-17-15-13-11-9-7-5-2/h52,55H,4-51H2,1-3H3,(H,58,59). The van der Waals surface area contributed by atoms with Gasteiger partial charge in [-0.25, -0.2) is 4.57 Å². The second-order valence-corrected chi connectivity index (χ2v) is 20.6. The summed E-state index contributed by atoms with van der Waals surface area (Å²) < 4.78 is 33.4. The van der Waals surface area contributed by atoms with Crippen molar-refractivity contribution in [3.8, 4) is 0 Å². The first-order valence-electron chi connectivity index (χ1n) is 28.0. The Morgan fingerprint density at radius 3 is 1.00 bits per heavy atom. The number of hydrogen-bond donors (Lipinski definition) is 2. The Bertz CT molecular complexity index is 1020. The van der Waals surface area contributed by atoms with Crippen LogP contribution in [0.4, 0.5) is 0 Å². The molecule has 0 aliphatic rings. The Balaban J connectivity index is 4.00. The van der Waals surface area contributed by atoms with Gasteiger partial charge in [0.25, 0.3) is 0 Å². The summed E-state index contributed by atoms with van der Waals surface area (Å²) in [6.07, 6.45) is 54.5. The van der Waals surface area contributed by atoms with E-state index in [9.17, 15) is 19.0 Å². The van der Waals surface area contributed by atoms with E-state index in [0.717, 1.165) is 38.5 Å². The van der Waals surface area contributed by atoms with Gasteiger partial charge in [0.1, 0.15) is 6.61 Å². The molecule has 0 fully saturated rings. The van der Waals surface area contributed by atoms with Crippen LogP contribution in [0.3, 0.4) is 0 Å². The number of esters is 2. The predicted octanol–water partition coefficient (Wildman–Crippen LogP) is 17.0. The van der Waals surface area contributed by atoms with Crippen LogP contribution in [-0.4, -0.2) is 56.3 Å². The van der Waals surface area contributed by atoms with E-state index in [4.69, 9.17) is 18.5 Å². The lowest BCUT2D eigenvalue weighted by atomic mass is 10.0. The van der Waals surface area contributed by atoms with Crippen LogP contribution < -0.4 is 5.32 Å². The van der Waals surface area contributed by atoms with E-state index in [1.807, 2.05) is 0 Å². The maximum atomic E-state index is 12.7. The van der Waals surface area contributed by atoms with Crippen LogP contribution in [0, 0.1) is 0 Å². The van der Waals surface area contributed by atoms with Gasteiger partial charge in [0, 0.05) is 19.4 Å². The van der Waals surface area contributed by atoms with Gasteiger partial charge in [-0.05, 0) is 19.9 Å². The Morgan fingerprint density at radius 1 is 0.422 bits per heavy atom. The summed E-state index contributed by atoms with van der Waals surface area (Å²) in [5, 5.41) is 2.84. The molecular formula is C54H108NO8P. The summed E-state index contributed by atoms with van der Waals surface area (Å²) in [5.41, 5.74) is 0. The lowest BCUT2D eigenvalue weighted by molar-refractivity contribution is -0.161. The molecule has 0 radical (unpaired) electrons. The minimum atomic E-state index is -4.35. The van der Waals surface area contributed by atoms with Crippen LogP contribution >= 0.6 is 7.82 Å². The zero-order valence-electron chi connectivity index (χ0n) is 42.8. The van der Waals surface area contributed by atoms with Gasteiger partial charge in [0.05, 0.1) is 13.2 Å². The third kappa shape index (κ3) is 50.4. The molecule has 64 heavy (non-hydrogen) atoms. The molecule has 0 amide bonds. The zero-order chi connectivity index (χ0) is 46.7. The van der Waals surface area contributed by atoms with E-state index in [-0.39, 0.29) is 25.6 Å². The minimum absolute atomic E-state index is 0.0112. The molecule has 0 saturated heterocycles. The third-order valence-corrected chi connectivity index (χ3v) is 13.7. The Morgan fingerprint density at radius 2 is 0.703 bits per heavy atom.